The quantitative estimate of drug-likeness (QED) is 0.0272. The molecule has 0 spiro atoms. The first-order valence-electron chi connectivity index (χ1n) is 24.4. The number of aliphatic hydroxyl groups excluding tert-OH is 1. The van der Waals surface area contributed by atoms with E-state index in [9.17, 15) is 19.2 Å². The van der Waals surface area contributed by atoms with Gasteiger partial charge in [0, 0.05) is 12.8 Å². The molecule has 0 aromatic heterocycles. The highest BCUT2D eigenvalue weighted by Crippen LogP contribution is 2.19. The van der Waals surface area contributed by atoms with Crippen molar-refractivity contribution >= 4 is 23.8 Å². The summed E-state index contributed by atoms with van der Waals surface area (Å²) in [5, 5.41) is 22.6. The van der Waals surface area contributed by atoms with Crippen molar-refractivity contribution in [2.75, 3.05) is 13.2 Å². The summed E-state index contributed by atoms with van der Waals surface area (Å²) >= 11 is 0. The van der Waals surface area contributed by atoms with Gasteiger partial charge in [-0.2, -0.15) is 0 Å². The number of hydrogen-bond donors (Lipinski definition) is 4. The molecule has 0 aliphatic carbocycles. The molecule has 0 bridgehead atoms. The van der Waals surface area contributed by atoms with Crippen molar-refractivity contribution in [2.24, 2.45) is 0 Å². The van der Waals surface area contributed by atoms with Gasteiger partial charge in [0.2, 0.25) is 11.8 Å². The van der Waals surface area contributed by atoms with Gasteiger partial charge in [-0.15, -0.1) is 0 Å². The van der Waals surface area contributed by atoms with Crippen LogP contribution in [0.25, 0.3) is 0 Å². The van der Waals surface area contributed by atoms with E-state index in [1.54, 1.807) is 0 Å². The predicted octanol–water partition coefficient (Wildman–Crippen LogP) is 12.5. The van der Waals surface area contributed by atoms with Crippen molar-refractivity contribution in [1.82, 2.24) is 10.6 Å². The summed E-state index contributed by atoms with van der Waals surface area (Å²) in [5.41, 5.74) is 0. The Hall–Kier alpha value is -2.94. The molecule has 0 aromatic rings. The van der Waals surface area contributed by atoms with Crippen LogP contribution in [0.2, 0.25) is 0 Å². The molecule has 0 aliphatic rings. The van der Waals surface area contributed by atoms with Gasteiger partial charge in [-0.05, 0) is 77.0 Å². The summed E-state index contributed by atoms with van der Waals surface area (Å²) in [5.74, 6) is -2.29. The van der Waals surface area contributed by atoms with Crippen molar-refractivity contribution < 1.29 is 34.1 Å². The van der Waals surface area contributed by atoms with Crippen LogP contribution in [0, 0.1) is 0 Å². The zero-order valence-electron chi connectivity index (χ0n) is 38.0. The molecule has 0 aliphatic heterocycles. The van der Waals surface area contributed by atoms with Crippen molar-refractivity contribution in [2.45, 2.75) is 244 Å². The third-order valence-electron chi connectivity index (χ3n) is 10.9. The minimum Gasteiger partial charge on any atom is -0.480 e. The Balaban J connectivity index is 4.11. The average Bonchev–Trinajstić information content (AvgIpc) is 3.22. The van der Waals surface area contributed by atoms with Crippen LogP contribution in [-0.2, 0) is 23.9 Å². The Kier molecular flexibility index (Phi) is 42.4. The number of esters is 1. The van der Waals surface area contributed by atoms with Crippen LogP contribution in [0.3, 0.4) is 0 Å². The lowest BCUT2D eigenvalue weighted by molar-refractivity contribution is -0.150. The van der Waals surface area contributed by atoms with E-state index in [2.05, 4.69) is 60.9 Å². The average molecular weight is 831 g/mol. The smallest absolute Gasteiger partial charge is 0.328 e. The van der Waals surface area contributed by atoms with Gasteiger partial charge in [0.15, 0.2) is 0 Å². The second-order valence-electron chi connectivity index (χ2n) is 16.6. The monoisotopic (exact) mass is 831 g/mol. The Morgan fingerprint density at radius 2 is 0.915 bits per heavy atom. The summed E-state index contributed by atoms with van der Waals surface area (Å²) in [6.45, 7) is 3.47. The molecule has 0 saturated heterocycles. The van der Waals surface area contributed by atoms with Crippen LogP contribution in [0.5, 0.6) is 0 Å². The van der Waals surface area contributed by atoms with Gasteiger partial charge in [0.1, 0.15) is 12.1 Å². The molecule has 9 nitrogen and oxygen atoms in total. The van der Waals surface area contributed by atoms with Crippen LogP contribution in [0.4, 0.5) is 0 Å². The maximum atomic E-state index is 12.8. The Labute approximate surface area is 361 Å². The first-order chi connectivity index (χ1) is 28.8. The third-order valence-corrected chi connectivity index (χ3v) is 10.9. The van der Waals surface area contributed by atoms with E-state index in [1.165, 1.54) is 128 Å². The molecule has 0 aromatic carbocycles. The summed E-state index contributed by atoms with van der Waals surface area (Å²) in [6.07, 6.45) is 51.8. The number of nitrogens with one attached hydrogen (secondary N) is 2. The Morgan fingerprint density at radius 3 is 1.37 bits per heavy atom. The fourth-order valence-corrected chi connectivity index (χ4v) is 7.13. The number of amides is 2. The number of aliphatic hydroxyl groups is 1. The van der Waals surface area contributed by atoms with E-state index in [-0.39, 0.29) is 24.5 Å². The van der Waals surface area contributed by atoms with E-state index in [1.807, 2.05) is 0 Å². The summed E-state index contributed by atoms with van der Waals surface area (Å²) < 4.78 is 6.03. The molecule has 0 heterocycles. The number of carboxylic acids is 1. The number of rotatable bonds is 44. The van der Waals surface area contributed by atoms with E-state index < -0.39 is 24.5 Å². The van der Waals surface area contributed by atoms with E-state index in [0.717, 1.165) is 70.6 Å². The fourth-order valence-electron chi connectivity index (χ4n) is 7.13. The van der Waals surface area contributed by atoms with Crippen molar-refractivity contribution in [3.05, 3.63) is 36.5 Å². The fraction of sp³-hybridized carbons (Fsp3) is 0.800. The van der Waals surface area contributed by atoms with Crippen LogP contribution in [0.15, 0.2) is 36.5 Å². The van der Waals surface area contributed by atoms with E-state index in [0.29, 0.717) is 19.3 Å². The second kappa shape index (κ2) is 44.6. The molecule has 2 atom stereocenters. The molecule has 0 radical (unpaired) electrons. The van der Waals surface area contributed by atoms with Crippen molar-refractivity contribution in [3.8, 4) is 0 Å². The molecule has 2 unspecified atom stereocenters. The normalized spacial score (nSPS) is 12.7. The van der Waals surface area contributed by atoms with Gasteiger partial charge >= 0.3 is 11.9 Å². The topological polar surface area (TPSA) is 142 Å². The van der Waals surface area contributed by atoms with Gasteiger partial charge in [-0.25, -0.2) is 4.79 Å². The molecular formula is C50H90N2O7. The minimum absolute atomic E-state index is 0.0145. The number of hydrogen-bond acceptors (Lipinski definition) is 6. The predicted molar refractivity (Wildman–Crippen MR) is 245 cm³/mol. The Morgan fingerprint density at radius 1 is 0.508 bits per heavy atom. The zero-order chi connectivity index (χ0) is 43.3. The third kappa shape index (κ3) is 41.6. The maximum Gasteiger partial charge on any atom is 0.328 e. The second-order valence-corrected chi connectivity index (χ2v) is 16.6. The van der Waals surface area contributed by atoms with Gasteiger partial charge in [0.25, 0.3) is 0 Å². The number of allylic oxidation sites excluding steroid dienone is 6. The number of carboxylic acid groups (broad SMARTS) is 1. The number of carbonyl (C=O) groups is 4. The molecule has 59 heavy (non-hydrogen) atoms. The van der Waals surface area contributed by atoms with Gasteiger partial charge in [0.05, 0.1) is 13.2 Å². The summed E-state index contributed by atoms with van der Waals surface area (Å²) in [7, 11) is 0. The Bertz CT molecular complexity index is 1090. The number of ether oxygens (including phenoxy) is 1. The van der Waals surface area contributed by atoms with Crippen LogP contribution >= 0.6 is 0 Å². The van der Waals surface area contributed by atoms with Gasteiger partial charge in [-0.3, -0.25) is 14.4 Å². The maximum absolute atomic E-state index is 12.8. The molecule has 0 fully saturated rings. The zero-order valence-corrected chi connectivity index (χ0v) is 38.0. The van der Waals surface area contributed by atoms with Crippen LogP contribution < -0.4 is 10.6 Å². The largest absolute Gasteiger partial charge is 0.480 e. The van der Waals surface area contributed by atoms with Crippen molar-refractivity contribution in [1.29, 1.82) is 0 Å². The van der Waals surface area contributed by atoms with E-state index in [4.69, 9.17) is 14.9 Å². The highest BCUT2D eigenvalue weighted by Gasteiger charge is 2.19. The molecule has 342 valence electrons. The number of carbonyl (C=O) groups excluding carboxylic acids is 3. The summed E-state index contributed by atoms with van der Waals surface area (Å²) in [6, 6.07) is -1.38. The van der Waals surface area contributed by atoms with Crippen LogP contribution in [0.1, 0.15) is 232 Å². The van der Waals surface area contributed by atoms with Gasteiger partial charge < -0.3 is 25.6 Å². The number of aliphatic carboxylic acids is 1. The lowest BCUT2D eigenvalue weighted by Gasteiger charge is -2.18. The first-order valence-corrected chi connectivity index (χ1v) is 24.4. The highest BCUT2D eigenvalue weighted by molar-refractivity contribution is 5.87. The highest BCUT2D eigenvalue weighted by atomic mass is 16.5. The van der Waals surface area contributed by atoms with Gasteiger partial charge in [-0.1, -0.05) is 179 Å². The summed E-state index contributed by atoms with van der Waals surface area (Å²) in [4.78, 5) is 47.6. The van der Waals surface area contributed by atoms with E-state index >= 15 is 0 Å². The first kappa shape index (κ1) is 56.1. The SMILES string of the molecule is CCCCCCC/C=C\C/C=C\C/C=C\CCCCCCCCCCC(=O)OC(CCCCCCCCCC)CCCCCCCC(=O)NCC(=O)NC(CO)C(=O)O. The minimum atomic E-state index is -1.38. The molecule has 2 amide bonds. The molecule has 9 heteroatoms. The lowest BCUT2D eigenvalue weighted by atomic mass is 10.0. The van der Waals surface area contributed by atoms with Crippen LogP contribution in [-0.4, -0.2) is 59.3 Å². The lowest BCUT2D eigenvalue weighted by Crippen LogP contribution is -2.47. The molecule has 4 N–H and O–H groups in total. The molecule has 0 rings (SSSR count). The molecular weight excluding hydrogens is 741 g/mol. The molecule has 0 saturated carbocycles. The standard InChI is InChI=1S/C50H90N2O7/c1-3-5-7-9-11-13-14-15-16-17-18-19-20-21-22-23-24-25-26-27-29-34-38-42-49(56)59-45(39-35-31-28-12-10-8-6-4-2)40-36-32-30-33-37-41-47(54)51-43-48(55)52-46(44-53)50(57)58/h14-15,17-18,20-21,45-46,53H,3-13,16,19,22-44H2,1-2H3,(H,51,54)(H,52,55)(H,57,58)/b15-14-,18-17-,21-20-. The van der Waals surface area contributed by atoms with Crippen molar-refractivity contribution in [3.63, 3.8) is 0 Å². The number of unbranched alkanes of at least 4 members (excludes halogenated alkanes) is 24.